The third kappa shape index (κ3) is 5.66. The SMILES string of the molecule is Cc1cc(N2CCN(C(=O)NCc3ccnc(OC4CCCC4)c3)CC2)nc(C(C)C)n1. The molecule has 1 N–H and O–H groups in total. The number of ether oxygens (including phenoxy) is 1. The van der Waals surface area contributed by atoms with E-state index in [0.29, 0.717) is 25.5 Å². The van der Waals surface area contributed by atoms with Gasteiger partial charge in [-0.05, 0) is 44.2 Å². The number of pyridine rings is 1. The highest BCUT2D eigenvalue weighted by Crippen LogP contribution is 2.23. The van der Waals surface area contributed by atoms with Crippen LogP contribution in [-0.4, -0.2) is 58.2 Å². The second-order valence-corrected chi connectivity index (χ2v) is 9.04. The Morgan fingerprint density at radius 3 is 2.62 bits per heavy atom. The number of carbonyl (C=O) groups excluding carboxylic acids is 1. The topological polar surface area (TPSA) is 83.5 Å². The van der Waals surface area contributed by atoms with E-state index in [0.717, 1.165) is 48.8 Å². The van der Waals surface area contributed by atoms with E-state index >= 15 is 0 Å². The van der Waals surface area contributed by atoms with Crippen LogP contribution in [0.25, 0.3) is 0 Å². The van der Waals surface area contributed by atoms with Gasteiger partial charge < -0.3 is 19.9 Å². The van der Waals surface area contributed by atoms with Gasteiger partial charge in [-0.1, -0.05) is 13.8 Å². The molecule has 0 unspecified atom stereocenters. The first-order valence-corrected chi connectivity index (χ1v) is 11.7. The predicted molar refractivity (Wildman–Crippen MR) is 124 cm³/mol. The van der Waals surface area contributed by atoms with Crippen molar-refractivity contribution in [1.82, 2.24) is 25.2 Å². The fourth-order valence-electron chi connectivity index (χ4n) is 4.22. The number of carbonyl (C=O) groups is 1. The lowest BCUT2D eigenvalue weighted by Crippen LogP contribution is -2.52. The number of piperazine rings is 1. The van der Waals surface area contributed by atoms with E-state index in [4.69, 9.17) is 9.72 Å². The van der Waals surface area contributed by atoms with Gasteiger partial charge in [-0.25, -0.2) is 19.7 Å². The number of aryl methyl sites for hydroxylation is 1. The summed E-state index contributed by atoms with van der Waals surface area (Å²) in [5, 5.41) is 3.04. The van der Waals surface area contributed by atoms with Crippen molar-refractivity contribution in [2.75, 3.05) is 31.1 Å². The van der Waals surface area contributed by atoms with Crippen LogP contribution in [0.3, 0.4) is 0 Å². The summed E-state index contributed by atoms with van der Waals surface area (Å²) in [6, 6.07) is 5.83. The Kier molecular flexibility index (Phi) is 7.07. The molecule has 2 aromatic rings. The van der Waals surface area contributed by atoms with E-state index < -0.39 is 0 Å². The van der Waals surface area contributed by atoms with Crippen molar-refractivity contribution in [3.8, 4) is 5.88 Å². The van der Waals surface area contributed by atoms with Crippen molar-refractivity contribution in [1.29, 1.82) is 0 Å². The average molecular weight is 439 g/mol. The molecule has 2 amide bonds. The van der Waals surface area contributed by atoms with Crippen LogP contribution in [0.1, 0.15) is 62.5 Å². The zero-order chi connectivity index (χ0) is 22.5. The van der Waals surface area contributed by atoms with E-state index in [1.54, 1.807) is 6.20 Å². The highest BCUT2D eigenvalue weighted by atomic mass is 16.5. The fourth-order valence-corrected chi connectivity index (χ4v) is 4.22. The van der Waals surface area contributed by atoms with Gasteiger partial charge in [0.1, 0.15) is 17.7 Å². The van der Waals surface area contributed by atoms with E-state index in [9.17, 15) is 4.79 Å². The van der Waals surface area contributed by atoms with Crippen LogP contribution < -0.4 is 15.0 Å². The summed E-state index contributed by atoms with van der Waals surface area (Å²) in [7, 11) is 0. The number of hydrogen-bond donors (Lipinski definition) is 1. The van der Waals surface area contributed by atoms with Crippen molar-refractivity contribution in [3.05, 3.63) is 41.5 Å². The Morgan fingerprint density at radius 1 is 1.16 bits per heavy atom. The Labute approximate surface area is 190 Å². The fraction of sp³-hybridized carbons (Fsp3) is 0.583. The van der Waals surface area contributed by atoms with Crippen molar-refractivity contribution in [2.45, 2.75) is 65.0 Å². The first-order chi connectivity index (χ1) is 15.5. The number of nitrogens with one attached hydrogen (secondary N) is 1. The molecule has 0 atom stereocenters. The van der Waals surface area contributed by atoms with Crippen LogP contribution in [0.15, 0.2) is 24.4 Å². The summed E-state index contributed by atoms with van der Waals surface area (Å²) in [5.41, 5.74) is 1.98. The second kappa shape index (κ2) is 10.1. The maximum absolute atomic E-state index is 12.7. The van der Waals surface area contributed by atoms with Gasteiger partial charge >= 0.3 is 6.03 Å². The molecule has 1 saturated heterocycles. The zero-order valence-corrected chi connectivity index (χ0v) is 19.4. The van der Waals surface area contributed by atoms with E-state index in [2.05, 4.69) is 34.0 Å². The van der Waals surface area contributed by atoms with Crippen LogP contribution in [-0.2, 0) is 6.54 Å². The first kappa shape index (κ1) is 22.3. The number of rotatable bonds is 6. The third-order valence-electron chi connectivity index (χ3n) is 6.10. The molecular weight excluding hydrogens is 404 g/mol. The predicted octanol–water partition coefficient (Wildman–Crippen LogP) is 3.66. The molecule has 2 fully saturated rings. The number of hydrogen-bond acceptors (Lipinski definition) is 6. The smallest absolute Gasteiger partial charge is 0.317 e. The molecule has 0 bridgehead atoms. The Balaban J connectivity index is 1.27. The highest BCUT2D eigenvalue weighted by molar-refractivity contribution is 5.74. The lowest BCUT2D eigenvalue weighted by atomic mass is 10.2. The normalized spacial score (nSPS) is 17.1. The van der Waals surface area contributed by atoms with Crippen molar-refractivity contribution in [3.63, 3.8) is 0 Å². The van der Waals surface area contributed by atoms with Crippen molar-refractivity contribution >= 4 is 11.8 Å². The molecule has 172 valence electrons. The van der Waals surface area contributed by atoms with Crippen LogP contribution in [0, 0.1) is 6.92 Å². The third-order valence-corrected chi connectivity index (χ3v) is 6.10. The number of nitrogens with zero attached hydrogens (tertiary/aromatic N) is 5. The summed E-state index contributed by atoms with van der Waals surface area (Å²) in [5.74, 6) is 2.76. The van der Waals surface area contributed by atoms with Crippen LogP contribution in [0.4, 0.5) is 10.6 Å². The van der Waals surface area contributed by atoms with Crippen molar-refractivity contribution in [2.24, 2.45) is 0 Å². The molecule has 0 radical (unpaired) electrons. The van der Waals surface area contributed by atoms with Gasteiger partial charge in [-0.15, -0.1) is 0 Å². The Bertz CT molecular complexity index is 920. The molecule has 4 rings (SSSR count). The van der Waals surface area contributed by atoms with Gasteiger partial charge in [0.05, 0.1) is 0 Å². The average Bonchev–Trinajstić information content (AvgIpc) is 3.30. The van der Waals surface area contributed by atoms with Gasteiger partial charge in [0.25, 0.3) is 0 Å². The molecule has 2 aliphatic rings. The summed E-state index contributed by atoms with van der Waals surface area (Å²) in [4.78, 5) is 30.4. The minimum absolute atomic E-state index is 0.0403. The first-order valence-electron chi connectivity index (χ1n) is 11.7. The molecule has 2 aromatic heterocycles. The zero-order valence-electron chi connectivity index (χ0n) is 19.4. The number of urea groups is 1. The van der Waals surface area contributed by atoms with Crippen LogP contribution >= 0.6 is 0 Å². The number of anilines is 1. The minimum Gasteiger partial charge on any atom is -0.474 e. The summed E-state index contributed by atoms with van der Waals surface area (Å²) >= 11 is 0. The van der Waals surface area contributed by atoms with Gasteiger partial charge in [0.15, 0.2) is 0 Å². The lowest BCUT2D eigenvalue weighted by Gasteiger charge is -2.35. The molecule has 8 nitrogen and oxygen atoms in total. The van der Waals surface area contributed by atoms with Crippen LogP contribution in [0.5, 0.6) is 5.88 Å². The van der Waals surface area contributed by atoms with Gasteiger partial charge in [0.2, 0.25) is 5.88 Å². The van der Waals surface area contributed by atoms with Gasteiger partial charge in [0, 0.05) is 62.7 Å². The largest absolute Gasteiger partial charge is 0.474 e. The molecule has 32 heavy (non-hydrogen) atoms. The monoisotopic (exact) mass is 438 g/mol. The molecule has 0 spiro atoms. The molecule has 0 aromatic carbocycles. The standard InChI is InChI=1S/C24H34N6O2/c1-17(2)23-27-18(3)14-21(28-23)29-10-12-30(13-11-29)24(31)26-16-19-8-9-25-22(15-19)32-20-6-4-5-7-20/h8-9,14-15,17,20H,4-7,10-13,16H2,1-3H3,(H,26,31). The van der Waals surface area contributed by atoms with Gasteiger partial charge in [-0.3, -0.25) is 0 Å². The minimum atomic E-state index is -0.0403. The summed E-state index contributed by atoms with van der Waals surface area (Å²) < 4.78 is 5.97. The van der Waals surface area contributed by atoms with Gasteiger partial charge in [-0.2, -0.15) is 0 Å². The Morgan fingerprint density at radius 2 is 1.91 bits per heavy atom. The van der Waals surface area contributed by atoms with E-state index in [1.807, 2.05) is 30.0 Å². The van der Waals surface area contributed by atoms with E-state index in [-0.39, 0.29) is 18.1 Å². The molecule has 8 heteroatoms. The number of aromatic nitrogens is 3. The molecule has 1 aliphatic carbocycles. The summed E-state index contributed by atoms with van der Waals surface area (Å²) in [6.07, 6.45) is 6.68. The highest BCUT2D eigenvalue weighted by Gasteiger charge is 2.23. The van der Waals surface area contributed by atoms with E-state index in [1.165, 1.54) is 12.8 Å². The number of amides is 2. The molecule has 1 aliphatic heterocycles. The summed E-state index contributed by atoms with van der Waals surface area (Å²) in [6.45, 7) is 9.53. The van der Waals surface area contributed by atoms with Crippen molar-refractivity contribution < 1.29 is 9.53 Å². The molecule has 3 heterocycles. The maximum atomic E-state index is 12.7. The molecule has 1 saturated carbocycles. The van der Waals surface area contributed by atoms with Crippen LogP contribution in [0.2, 0.25) is 0 Å². The second-order valence-electron chi connectivity index (χ2n) is 9.04. The lowest BCUT2D eigenvalue weighted by molar-refractivity contribution is 0.193. The maximum Gasteiger partial charge on any atom is 0.317 e. The Hall–Kier alpha value is -2.90. The molecular formula is C24H34N6O2. The quantitative estimate of drug-likeness (QED) is 0.741.